The van der Waals surface area contributed by atoms with Crippen LogP contribution >= 0.6 is 29.1 Å². The molecule has 0 radical (unpaired) electrons. The summed E-state index contributed by atoms with van der Waals surface area (Å²) < 4.78 is 16.4. The van der Waals surface area contributed by atoms with Crippen molar-refractivity contribution in [1.29, 1.82) is 0 Å². The van der Waals surface area contributed by atoms with Gasteiger partial charge in [0.05, 0.1) is 0 Å². The van der Waals surface area contributed by atoms with Gasteiger partial charge in [-0.1, -0.05) is 0 Å². The van der Waals surface area contributed by atoms with Crippen LogP contribution in [-0.2, 0) is 0 Å². The van der Waals surface area contributed by atoms with Crippen LogP contribution in [0, 0.1) is 0 Å². The molecule has 19 heavy (non-hydrogen) atoms. The van der Waals surface area contributed by atoms with Gasteiger partial charge in [-0.25, -0.2) is 13.7 Å². The summed E-state index contributed by atoms with van der Waals surface area (Å²) in [5.41, 5.74) is 0. The van der Waals surface area contributed by atoms with Crippen molar-refractivity contribution in [1.82, 2.24) is 18.7 Å². The van der Waals surface area contributed by atoms with E-state index in [4.69, 9.17) is 4.52 Å². The molecule has 0 spiro atoms. The number of hydrogen-bond donors (Lipinski definition) is 0. The van der Waals surface area contributed by atoms with Crippen molar-refractivity contribution in [2.45, 2.75) is 0 Å². The first-order valence-electron chi connectivity index (χ1n) is 6.04. The second-order valence-electron chi connectivity index (χ2n) is 5.36. The van der Waals surface area contributed by atoms with Crippen LogP contribution in [0.4, 0.5) is 0 Å². The molecule has 0 aliphatic heterocycles. The third kappa shape index (κ3) is 3.91. The molecular weight excluding hydrogens is 346 g/mol. The maximum atomic E-state index is 5.31. The molecule has 6 nitrogen and oxygen atoms in total. The van der Waals surface area contributed by atoms with E-state index in [0.29, 0.717) is 0 Å². The van der Waals surface area contributed by atoms with Crippen LogP contribution in [0.2, 0.25) is 0 Å². The van der Waals surface area contributed by atoms with Crippen LogP contribution in [0.15, 0.2) is 4.52 Å². The summed E-state index contributed by atoms with van der Waals surface area (Å²) >= 11 is 3.90. The molecule has 0 aromatic carbocycles. The first kappa shape index (κ1) is 19.8. The lowest BCUT2D eigenvalue weighted by atomic mass is 11.3. The third-order valence-corrected chi connectivity index (χ3v) is 15.1. The molecule has 0 rings (SSSR count). The van der Waals surface area contributed by atoms with Crippen molar-refractivity contribution in [2.24, 2.45) is 4.52 Å². The zero-order chi connectivity index (χ0) is 15.6. The second-order valence-corrected chi connectivity index (χ2v) is 15.0. The Morgan fingerprint density at radius 2 is 1.05 bits per heavy atom. The van der Waals surface area contributed by atoms with E-state index < -0.39 is 13.6 Å². The van der Waals surface area contributed by atoms with Crippen molar-refractivity contribution in [3.8, 4) is 0 Å². The van der Waals surface area contributed by atoms with E-state index in [9.17, 15) is 0 Å². The molecule has 9 heteroatoms. The zero-order valence-electron chi connectivity index (χ0n) is 14.0. The van der Waals surface area contributed by atoms with Crippen molar-refractivity contribution in [3.63, 3.8) is 0 Å². The smallest absolute Gasteiger partial charge is 0.255 e. The quantitative estimate of drug-likeness (QED) is 0.690. The SMILES string of the molecule is CN(C)P(Br)(=NP(N(C)C)(N(C)C)=[N+](C)C)N(C)C. The normalized spacial score (nSPS) is 13.8. The molecule has 116 valence electrons. The minimum Gasteiger partial charge on any atom is -0.255 e. The van der Waals surface area contributed by atoms with Gasteiger partial charge in [0.1, 0.15) is 14.1 Å². The Morgan fingerprint density at radius 3 is 1.21 bits per heavy atom. The van der Waals surface area contributed by atoms with E-state index >= 15 is 0 Å². The largest absolute Gasteiger partial charge is 0.356 e. The van der Waals surface area contributed by atoms with Gasteiger partial charge in [-0.3, -0.25) is 9.34 Å². The van der Waals surface area contributed by atoms with Gasteiger partial charge in [0.25, 0.3) is 0 Å². The molecule has 0 saturated heterocycles. The Morgan fingerprint density at radius 1 is 0.737 bits per heavy atom. The number of halogens is 1. The van der Waals surface area contributed by atoms with Crippen LogP contribution in [0.25, 0.3) is 0 Å². The first-order chi connectivity index (χ1) is 8.42. The molecule has 0 unspecified atom stereocenters. The van der Waals surface area contributed by atoms with Crippen LogP contribution < -0.4 is 0 Å². The first-order valence-corrected chi connectivity index (χ1v) is 11.3. The minimum atomic E-state index is -1.90. The monoisotopic (exact) mass is 375 g/mol. The fourth-order valence-corrected chi connectivity index (χ4v) is 11.0. The molecule has 0 aliphatic carbocycles. The van der Waals surface area contributed by atoms with Gasteiger partial charge in [0, 0.05) is 0 Å². The second kappa shape index (κ2) is 7.17. The fraction of sp³-hybridized carbons (Fsp3) is 1.00. The van der Waals surface area contributed by atoms with E-state index in [0.717, 1.165) is 0 Å². The Labute approximate surface area is 127 Å². The van der Waals surface area contributed by atoms with E-state index in [-0.39, 0.29) is 0 Å². The molecule has 0 N–H and O–H groups in total. The van der Waals surface area contributed by atoms with E-state index in [2.05, 4.69) is 109 Å². The molecule has 0 bridgehead atoms. The standard InChI is InChI=1S/C10H30BrN6P2/c1-13(2)18(11,14(3)4)12-19(15(5)6,16(7)8)17(9)10/h1-10H3/q+1. The highest BCUT2D eigenvalue weighted by molar-refractivity contribution is 9.40. The molecule has 0 atom stereocenters. The highest BCUT2D eigenvalue weighted by Gasteiger charge is 2.38. The van der Waals surface area contributed by atoms with Crippen molar-refractivity contribution in [3.05, 3.63) is 0 Å². The summed E-state index contributed by atoms with van der Waals surface area (Å²) in [6.45, 7) is 0. The third-order valence-electron chi connectivity index (χ3n) is 2.86. The fourth-order valence-electron chi connectivity index (χ4n) is 1.98. The maximum Gasteiger partial charge on any atom is 0.356 e. The molecule has 0 heterocycles. The van der Waals surface area contributed by atoms with E-state index in [1.54, 1.807) is 0 Å². The Hall–Kier alpha value is 0.780. The highest BCUT2D eigenvalue weighted by Crippen LogP contribution is 2.70. The molecule has 0 aliphatic rings. The van der Waals surface area contributed by atoms with E-state index in [1.807, 2.05) is 0 Å². The van der Waals surface area contributed by atoms with Crippen molar-refractivity contribution in [2.75, 3.05) is 70.5 Å². The molecule has 0 fully saturated rings. The summed E-state index contributed by atoms with van der Waals surface area (Å²) in [6.07, 6.45) is 0. The van der Waals surface area contributed by atoms with Gasteiger partial charge >= 0.3 is 7.51 Å². The van der Waals surface area contributed by atoms with Gasteiger partial charge in [-0.15, -0.1) is 0 Å². The predicted molar refractivity (Wildman–Crippen MR) is 92.1 cm³/mol. The van der Waals surface area contributed by atoms with Crippen molar-refractivity contribution < 1.29 is 4.33 Å². The van der Waals surface area contributed by atoms with E-state index in [1.165, 1.54) is 0 Å². The van der Waals surface area contributed by atoms with Crippen LogP contribution in [0.5, 0.6) is 0 Å². The summed E-state index contributed by atoms with van der Waals surface area (Å²) in [4.78, 5) is 0. The molecule has 0 aromatic heterocycles. The Bertz CT molecular complexity index is 388. The van der Waals surface area contributed by atoms with Gasteiger partial charge in [-0.05, 0) is 71.9 Å². The molecule has 0 aromatic rings. The summed E-state index contributed by atoms with van der Waals surface area (Å²) in [5.74, 6) is 0. The van der Waals surface area contributed by atoms with Crippen molar-refractivity contribution >= 4 is 29.1 Å². The average molecular weight is 376 g/mol. The van der Waals surface area contributed by atoms with Gasteiger partial charge in [0.2, 0.25) is 0 Å². The van der Waals surface area contributed by atoms with Gasteiger partial charge in [-0.2, -0.15) is 4.52 Å². The lowest BCUT2D eigenvalue weighted by molar-refractivity contribution is -0.450. The lowest BCUT2D eigenvalue weighted by Gasteiger charge is -2.36. The van der Waals surface area contributed by atoms with Crippen LogP contribution in [0.3, 0.4) is 0 Å². The predicted octanol–water partition coefficient (Wildman–Crippen LogP) is 2.79. The number of hydrogen-bond acceptors (Lipinski definition) is 0. The number of rotatable bonds is 5. The highest BCUT2D eigenvalue weighted by atomic mass is 79.9. The van der Waals surface area contributed by atoms with Crippen LogP contribution in [0.1, 0.15) is 0 Å². The summed E-state index contributed by atoms with van der Waals surface area (Å²) in [5, 5.41) is 0. The average Bonchev–Trinajstić information content (AvgIpc) is 2.23. The minimum absolute atomic E-state index is 1.87. The summed E-state index contributed by atoms with van der Waals surface area (Å²) in [6, 6.07) is -1.87. The molecule has 0 amide bonds. The topological polar surface area (TPSA) is 28.3 Å². The Balaban J connectivity index is 6.47. The maximum absolute atomic E-state index is 5.31. The number of nitrogens with zero attached hydrogens (tertiary/aromatic N) is 6. The molecular formula is C10H30BrN6P2+. The molecule has 0 saturated carbocycles. The Kier molecular flexibility index (Phi) is 7.46. The van der Waals surface area contributed by atoms with Gasteiger partial charge < -0.3 is 0 Å². The summed E-state index contributed by atoms with van der Waals surface area (Å²) in [7, 11) is 19.0. The van der Waals surface area contributed by atoms with Gasteiger partial charge in [0.15, 0.2) is 6.06 Å². The van der Waals surface area contributed by atoms with Crippen LogP contribution in [-0.4, -0.2) is 93.5 Å². The lowest BCUT2D eigenvalue weighted by Crippen LogP contribution is -2.26. The zero-order valence-corrected chi connectivity index (χ0v) is 17.3.